The number of barbiturate groups is 1. The van der Waals surface area contributed by atoms with Crippen LogP contribution in [0.1, 0.15) is 11.1 Å². The minimum absolute atomic E-state index is 0.0813. The van der Waals surface area contributed by atoms with Gasteiger partial charge in [-0.05, 0) is 77.0 Å². The number of aryl methyl sites for hydroxylation is 1. The van der Waals surface area contributed by atoms with Crippen molar-refractivity contribution in [1.29, 1.82) is 0 Å². The van der Waals surface area contributed by atoms with E-state index in [0.717, 1.165) is 11.6 Å². The summed E-state index contributed by atoms with van der Waals surface area (Å²) in [5.41, 5.74) is 0.916. The molecule has 0 atom stereocenters. The fraction of sp³-hybridized carbons (Fsp3) is 0.111. The summed E-state index contributed by atoms with van der Waals surface area (Å²) >= 11 is 8.05. The van der Waals surface area contributed by atoms with E-state index < -0.39 is 34.2 Å². The van der Waals surface area contributed by atoms with Gasteiger partial charge in [-0.1, -0.05) is 23.7 Å². The molecule has 0 bridgehead atoms. The zero-order chi connectivity index (χ0) is 29.8. The third-order valence-corrected chi connectivity index (χ3v) is 6.97. The molecule has 0 radical (unpaired) electrons. The van der Waals surface area contributed by atoms with Gasteiger partial charge in [-0.3, -0.25) is 29.8 Å². The Morgan fingerprint density at radius 1 is 1.17 bits per heavy atom. The van der Waals surface area contributed by atoms with Crippen molar-refractivity contribution in [1.82, 2.24) is 5.32 Å². The quantitative estimate of drug-likeness (QED) is 0.112. The first-order valence-electron chi connectivity index (χ1n) is 11.7. The van der Waals surface area contributed by atoms with E-state index in [1.807, 2.05) is 29.5 Å². The van der Waals surface area contributed by atoms with Gasteiger partial charge >= 0.3 is 6.03 Å². The minimum Gasteiger partial charge on any atom is -0.493 e. The molecule has 2 N–H and O–H groups in total. The van der Waals surface area contributed by atoms with Crippen LogP contribution in [0, 0.1) is 20.6 Å². The van der Waals surface area contributed by atoms with Crippen molar-refractivity contribution in [3.8, 4) is 11.5 Å². The largest absolute Gasteiger partial charge is 0.493 e. The maximum atomic E-state index is 13.2. The Bertz CT molecular complexity index is 1640. The average Bonchev–Trinajstić information content (AvgIpc) is 2.92. The minimum atomic E-state index is -1.04. The second-order valence-electron chi connectivity index (χ2n) is 8.57. The number of nitro benzene ring substituents is 1. The van der Waals surface area contributed by atoms with Crippen LogP contribution in [0.15, 0.2) is 60.2 Å². The van der Waals surface area contributed by atoms with Crippen LogP contribution in [0.2, 0.25) is 5.02 Å². The highest BCUT2D eigenvalue weighted by atomic mass is 127. The van der Waals surface area contributed by atoms with Crippen LogP contribution in [-0.2, 0) is 14.4 Å². The topological polar surface area (TPSA) is 157 Å². The van der Waals surface area contributed by atoms with Crippen LogP contribution in [0.3, 0.4) is 0 Å². The van der Waals surface area contributed by atoms with Crippen LogP contribution in [0.4, 0.5) is 21.9 Å². The number of non-ortho nitro benzene ring substituents is 1. The predicted molar refractivity (Wildman–Crippen MR) is 158 cm³/mol. The number of hydrogen-bond acceptors (Lipinski definition) is 8. The summed E-state index contributed by atoms with van der Waals surface area (Å²) in [6, 6.07) is 12.0. The first kappa shape index (κ1) is 29.5. The Labute approximate surface area is 251 Å². The number of amides is 5. The van der Waals surface area contributed by atoms with Crippen LogP contribution in [0.5, 0.6) is 11.5 Å². The molecule has 4 rings (SSSR count). The molecule has 3 aromatic rings. The molecule has 1 saturated heterocycles. The Balaban J connectivity index is 1.56. The molecule has 0 unspecified atom stereocenters. The molecule has 41 heavy (non-hydrogen) atoms. The molecule has 12 nitrogen and oxygen atoms in total. The molecule has 0 saturated carbocycles. The molecule has 1 heterocycles. The molecule has 14 heteroatoms. The number of urea groups is 1. The number of hydrogen-bond donors (Lipinski definition) is 2. The molecule has 0 spiro atoms. The van der Waals surface area contributed by atoms with Gasteiger partial charge in [0, 0.05) is 22.8 Å². The van der Waals surface area contributed by atoms with Crippen molar-refractivity contribution in [3.05, 3.63) is 90.0 Å². The van der Waals surface area contributed by atoms with Gasteiger partial charge in [-0.25, -0.2) is 9.69 Å². The molecular formula is C27H20ClIN4O8. The van der Waals surface area contributed by atoms with Gasteiger partial charge in [-0.2, -0.15) is 0 Å². The van der Waals surface area contributed by atoms with Gasteiger partial charge in [0.25, 0.3) is 23.4 Å². The zero-order valence-electron chi connectivity index (χ0n) is 21.4. The molecule has 210 valence electrons. The molecular weight excluding hydrogens is 671 g/mol. The summed E-state index contributed by atoms with van der Waals surface area (Å²) in [5, 5.41) is 16.4. The Morgan fingerprint density at radius 2 is 1.93 bits per heavy atom. The van der Waals surface area contributed by atoms with E-state index in [1.54, 1.807) is 24.3 Å². The van der Waals surface area contributed by atoms with E-state index >= 15 is 0 Å². The normalized spacial score (nSPS) is 14.1. The van der Waals surface area contributed by atoms with Gasteiger partial charge in [0.2, 0.25) is 0 Å². The van der Waals surface area contributed by atoms with Crippen molar-refractivity contribution in [3.63, 3.8) is 0 Å². The highest BCUT2D eigenvalue weighted by Crippen LogP contribution is 2.35. The van der Waals surface area contributed by atoms with Crippen LogP contribution >= 0.6 is 34.2 Å². The van der Waals surface area contributed by atoms with Crippen molar-refractivity contribution < 1.29 is 33.6 Å². The highest BCUT2D eigenvalue weighted by Gasteiger charge is 2.37. The second-order valence-corrected chi connectivity index (χ2v) is 10.1. The smallest absolute Gasteiger partial charge is 0.335 e. The molecule has 3 aromatic carbocycles. The Morgan fingerprint density at radius 3 is 2.61 bits per heavy atom. The lowest BCUT2D eigenvalue weighted by Gasteiger charge is -2.26. The molecule has 1 aliphatic rings. The third-order valence-electron chi connectivity index (χ3n) is 5.77. The summed E-state index contributed by atoms with van der Waals surface area (Å²) in [6.07, 6.45) is 1.25. The fourth-order valence-corrected chi connectivity index (χ4v) is 4.73. The molecule has 0 aromatic heterocycles. The van der Waals surface area contributed by atoms with Crippen LogP contribution in [-0.4, -0.2) is 42.4 Å². The first-order chi connectivity index (χ1) is 19.5. The Kier molecular flexibility index (Phi) is 8.88. The van der Waals surface area contributed by atoms with E-state index in [0.29, 0.717) is 24.7 Å². The number of halogens is 2. The summed E-state index contributed by atoms with van der Waals surface area (Å²) in [7, 11) is 1.38. The van der Waals surface area contributed by atoms with E-state index in [-0.39, 0.29) is 29.5 Å². The van der Waals surface area contributed by atoms with E-state index in [1.165, 1.54) is 37.5 Å². The number of nitrogens with one attached hydrogen (secondary N) is 2. The van der Waals surface area contributed by atoms with Crippen molar-refractivity contribution >= 4 is 81.1 Å². The number of methoxy groups -OCH3 is 1. The third kappa shape index (κ3) is 6.63. The number of benzene rings is 3. The summed E-state index contributed by atoms with van der Waals surface area (Å²) in [6.45, 7) is 1.49. The summed E-state index contributed by atoms with van der Waals surface area (Å²) in [5.74, 6) is -1.89. The first-order valence-corrected chi connectivity index (χ1v) is 13.2. The fourth-order valence-electron chi connectivity index (χ4n) is 3.77. The van der Waals surface area contributed by atoms with E-state index in [2.05, 4.69) is 10.6 Å². The molecule has 1 fully saturated rings. The number of nitrogens with zero attached hydrogens (tertiary/aromatic N) is 2. The highest BCUT2D eigenvalue weighted by molar-refractivity contribution is 14.1. The SMILES string of the molecule is COc1cc(/C=C2/C(=O)NC(=O)N(c3cccc([N+](=O)[O-])c3)C2=O)cc(I)c1OCC(=O)Nc1ccc(C)c(Cl)c1. The average molecular weight is 691 g/mol. The maximum absolute atomic E-state index is 13.2. The Hall–Kier alpha value is -4.50. The predicted octanol–water partition coefficient (Wildman–Crippen LogP) is 4.85. The van der Waals surface area contributed by atoms with Gasteiger partial charge in [0.15, 0.2) is 18.1 Å². The standard InChI is InChI=1S/C27H20ClIN4O8/c1-14-6-7-16(11-20(14)28)30-23(34)13-41-24-21(29)9-15(10-22(24)40-2)8-19-25(35)31-27(37)32(26(19)36)17-4-3-5-18(12-17)33(38)39/h3-12H,13H2,1-2H3,(H,30,34)(H,31,35,37)/b19-8-. The molecule has 5 amide bonds. The lowest BCUT2D eigenvalue weighted by atomic mass is 10.1. The summed E-state index contributed by atoms with van der Waals surface area (Å²) < 4.78 is 11.6. The van der Waals surface area contributed by atoms with Crippen LogP contribution < -0.4 is 25.0 Å². The summed E-state index contributed by atoms with van der Waals surface area (Å²) in [4.78, 5) is 61.8. The zero-order valence-corrected chi connectivity index (χ0v) is 24.3. The van der Waals surface area contributed by atoms with Crippen molar-refractivity contribution in [2.24, 2.45) is 0 Å². The number of carbonyl (C=O) groups is 4. The molecule has 1 aliphatic heterocycles. The number of rotatable bonds is 8. The second kappa shape index (κ2) is 12.3. The number of imide groups is 2. The van der Waals surface area contributed by atoms with Gasteiger partial charge in [-0.15, -0.1) is 0 Å². The molecule has 0 aliphatic carbocycles. The number of ether oxygens (including phenoxy) is 2. The van der Waals surface area contributed by atoms with Gasteiger partial charge < -0.3 is 14.8 Å². The van der Waals surface area contributed by atoms with Crippen molar-refractivity contribution in [2.45, 2.75) is 6.92 Å². The van der Waals surface area contributed by atoms with Gasteiger partial charge in [0.1, 0.15) is 5.57 Å². The van der Waals surface area contributed by atoms with E-state index in [9.17, 15) is 29.3 Å². The number of nitro groups is 1. The van der Waals surface area contributed by atoms with Crippen LogP contribution in [0.25, 0.3) is 6.08 Å². The lowest BCUT2D eigenvalue weighted by molar-refractivity contribution is -0.384. The maximum Gasteiger partial charge on any atom is 0.335 e. The number of anilines is 2. The monoisotopic (exact) mass is 690 g/mol. The van der Waals surface area contributed by atoms with Crippen molar-refractivity contribution in [2.75, 3.05) is 23.9 Å². The number of carbonyl (C=O) groups excluding carboxylic acids is 4. The lowest BCUT2D eigenvalue weighted by Crippen LogP contribution is -2.54. The van der Waals surface area contributed by atoms with E-state index in [4.69, 9.17) is 21.1 Å². The van der Waals surface area contributed by atoms with Gasteiger partial charge in [0.05, 0.1) is 21.3 Å².